The number of thiazole rings is 1. The molecule has 4 aromatic rings. The van der Waals surface area contributed by atoms with Crippen molar-refractivity contribution in [1.29, 1.82) is 0 Å². The molecule has 1 fully saturated rings. The molecule has 1 amide bonds. The van der Waals surface area contributed by atoms with Crippen LogP contribution in [-0.2, 0) is 14.8 Å². The standard InChI is InChI=1S/C25H26ClN5O4S2/c1-14-5-10-20(26)23-22(14)28-25(36-23)31-21(11-15(2)29-31)27-24(32)18-6-8-19(9-7-18)37(33,34)30-12-16(3)35-17(4)13-30/h5-11,16-17H,12-13H2,1-4H3,(H,27,32). The molecule has 0 aliphatic carbocycles. The summed E-state index contributed by atoms with van der Waals surface area (Å²) in [5.41, 5.74) is 2.80. The summed E-state index contributed by atoms with van der Waals surface area (Å²) < 4.78 is 35.7. The quantitative estimate of drug-likeness (QED) is 0.376. The molecule has 0 saturated carbocycles. The molecule has 1 N–H and O–H groups in total. The summed E-state index contributed by atoms with van der Waals surface area (Å²) in [5.74, 6) is 0.0531. The van der Waals surface area contributed by atoms with Crippen LogP contribution in [-0.4, -0.2) is 58.7 Å². The zero-order chi connectivity index (χ0) is 26.5. The fourth-order valence-corrected chi connectivity index (χ4v) is 7.23. The van der Waals surface area contributed by atoms with Crippen LogP contribution in [0, 0.1) is 13.8 Å². The number of aryl methyl sites for hydroxylation is 2. The number of benzene rings is 2. The molecule has 194 valence electrons. The van der Waals surface area contributed by atoms with Gasteiger partial charge in [-0.3, -0.25) is 4.79 Å². The molecule has 2 aromatic carbocycles. The summed E-state index contributed by atoms with van der Waals surface area (Å²) in [4.78, 5) is 17.9. The summed E-state index contributed by atoms with van der Waals surface area (Å²) in [5, 5.41) is 8.56. The fourth-order valence-electron chi connectivity index (χ4n) is 4.36. The number of amides is 1. The van der Waals surface area contributed by atoms with Crippen LogP contribution in [0.4, 0.5) is 5.82 Å². The third kappa shape index (κ3) is 5.01. The van der Waals surface area contributed by atoms with Gasteiger partial charge in [0.05, 0.1) is 38.0 Å². The first-order chi connectivity index (χ1) is 17.5. The Labute approximate surface area is 224 Å². The van der Waals surface area contributed by atoms with E-state index in [1.165, 1.54) is 39.9 Å². The number of ether oxygens (including phenoxy) is 1. The highest BCUT2D eigenvalue weighted by molar-refractivity contribution is 7.89. The minimum Gasteiger partial charge on any atom is -0.373 e. The van der Waals surface area contributed by atoms with E-state index in [-0.39, 0.29) is 30.2 Å². The Balaban J connectivity index is 1.38. The SMILES string of the molecule is Cc1cc(NC(=O)c2ccc(S(=O)(=O)N3CC(C)OC(C)C3)cc2)n(-c2nc3c(C)ccc(Cl)c3s2)n1. The van der Waals surface area contributed by atoms with Crippen LogP contribution in [0.15, 0.2) is 47.4 Å². The number of aromatic nitrogens is 3. The summed E-state index contributed by atoms with van der Waals surface area (Å²) in [6, 6.07) is 11.4. The molecule has 0 radical (unpaired) electrons. The van der Waals surface area contributed by atoms with Crippen LogP contribution in [0.25, 0.3) is 15.3 Å². The Morgan fingerprint density at radius 3 is 2.43 bits per heavy atom. The molecule has 1 saturated heterocycles. The van der Waals surface area contributed by atoms with E-state index < -0.39 is 15.9 Å². The monoisotopic (exact) mass is 559 g/mol. The van der Waals surface area contributed by atoms with Gasteiger partial charge in [-0.1, -0.05) is 29.0 Å². The van der Waals surface area contributed by atoms with E-state index in [0.717, 1.165) is 15.8 Å². The van der Waals surface area contributed by atoms with E-state index >= 15 is 0 Å². The molecule has 1 aliphatic rings. The minimum atomic E-state index is -3.70. The first kappa shape index (κ1) is 25.8. The van der Waals surface area contributed by atoms with Crippen molar-refractivity contribution in [2.24, 2.45) is 0 Å². The van der Waals surface area contributed by atoms with E-state index in [1.807, 2.05) is 39.8 Å². The van der Waals surface area contributed by atoms with Gasteiger partial charge in [0.25, 0.3) is 5.91 Å². The van der Waals surface area contributed by atoms with Crippen molar-refractivity contribution < 1.29 is 17.9 Å². The average Bonchev–Trinajstić information content (AvgIpc) is 3.45. The van der Waals surface area contributed by atoms with Crippen LogP contribution in [0.5, 0.6) is 0 Å². The number of morpholine rings is 1. The van der Waals surface area contributed by atoms with E-state index in [9.17, 15) is 13.2 Å². The van der Waals surface area contributed by atoms with E-state index in [1.54, 1.807) is 10.7 Å². The first-order valence-corrected chi connectivity index (χ1v) is 14.4. The van der Waals surface area contributed by atoms with E-state index in [4.69, 9.17) is 21.3 Å². The molecular weight excluding hydrogens is 534 g/mol. The molecule has 9 nitrogen and oxygen atoms in total. The summed E-state index contributed by atoms with van der Waals surface area (Å²) in [6.45, 7) is 8.06. The van der Waals surface area contributed by atoms with Gasteiger partial charge in [0, 0.05) is 24.7 Å². The topological polar surface area (TPSA) is 106 Å². The van der Waals surface area contributed by atoms with Crippen molar-refractivity contribution in [2.75, 3.05) is 18.4 Å². The third-order valence-electron chi connectivity index (χ3n) is 6.08. The molecule has 3 heterocycles. The number of sulfonamides is 1. The maximum Gasteiger partial charge on any atom is 0.256 e. The van der Waals surface area contributed by atoms with Gasteiger partial charge < -0.3 is 10.1 Å². The van der Waals surface area contributed by atoms with Gasteiger partial charge in [-0.2, -0.15) is 14.1 Å². The second-order valence-corrected chi connectivity index (χ2v) is 12.5. The number of halogens is 1. The maximum absolute atomic E-state index is 13.1. The lowest BCUT2D eigenvalue weighted by Gasteiger charge is -2.34. The number of nitrogens with zero attached hydrogens (tertiary/aromatic N) is 4. The van der Waals surface area contributed by atoms with Crippen molar-refractivity contribution in [3.05, 3.63) is 64.3 Å². The highest BCUT2D eigenvalue weighted by atomic mass is 35.5. The van der Waals surface area contributed by atoms with Gasteiger partial charge in [-0.05, 0) is 63.6 Å². The molecule has 0 bridgehead atoms. The van der Waals surface area contributed by atoms with Crippen molar-refractivity contribution in [2.45, 2.75) is 44.8 Å². The molecule has 0 spiro atoms. The Morgan fingerprint density at radius 2 is 1.78 bits per heavy atom. The van der Waals surface area contributed by atoms with Crippen molar-refractivity contribution in [1.82, 2.24) is 19.1 Å². The predicted octanol–water partition coefficient (Wildman–Crippen LogP) is 4.80. The number of anilines is 1. The maximum atomic E-state index is 13.1. The molecule has 5 rings (SSSR count). The van der Waals surface area contributed by atoms with Crippen molar-refractivity contribution in [3.8, 4) is 5.13 Å². The molecule has 1 aliphatic heterocycles. The number of carbonyl (C=O) groups excluding carboxylic acids is 1. The van der Waals surface area contributed by atoms with Gasteiger partial charge >= 0.3 is 0 Å². The zero-order valence-electron chi connectivity index (χ0n) is 20.7. The number of hydrogen-bond acceptors (Lipinski definition) is 7. The third-order valence-corrected chi connectivity index (χ3v) is 9.42. The Kier molecular flexibility index (Phi) is 6.84. The summed E-state index contributed by atoms with van der Waals surface area (Å²) in [6.07, 6.45) is -0.375. The van der Waals surface area contributed by atoms with E-state index in [0.29, 0.717) is 27.2 Å². The number of fused-ring (bicyclic) bond motifs is 1. The van der Waals surface area contributed by atoms with Gasteiger partial charge in [-0.15, -0.1) is 0 Å². The van der Waals surface area contributed by atoms with Crippen LogP contribution in [0.1, 0.15) is 35.5 Å². The second-order valence-electron chi connectivity index (χ2n) is 9.18. The highest BCUT2D eigenvalue weighted by Crippen LogP contribution is 2.34. The lowest BCUT2D eigenvalue weighted by Crippen LogP contribution is -2.48. The van der Waals surface area contributed by atoms with Crippen molar-refractivity contribution >= 4 is 54.9 Å². The predicted molar refractivity (Wildman–Crippen MR) is 144 cm³/mol. The molecule has 37 heavy (non-hydrogen) atoms. The van der Waals surface area contributed by atoms with Crippen LogP contribution in [0.2, 0.25) is 5.02 Å². The largest absolute Gasteiger partial charge is 0.373 e. The fraction of sp³-hybridized carbons (Fsp3) is 0.320. The van der Waals surface area contributed by atoms with E-state index in [2.05, 4.69) is 10.4 Å². The summed E-state index contributed by atoms with van der Waals surface area (Å²) in [7, 11) is -3.70. The van der Waals surface area contributed by atoms with Gasteiger partial charge in [0.2, 0.25) is 15.2 Å². The van der Waals surface area contributed by atoms with Gasteiger partial charge in [0.1, 0.15) is 5.82 Å². The second kappa shape index (κ2) is 9.80. The Morgan fingerprint density at radius 1 is 1.11 bits per heavy atom. The van der Waals surface area contributed by atoms with Gasteiger partial charge in [0.15, 0.2) is 0 Å². The zero-order valence-corrected chi connectivity index (χ0v) is 23.1. The molecule has 12 heteroatoms. The lowest BCUT2D eigenvalue weighted by molar-refractivity contribution is -0.0440. The normalized spacial score (nSPS) is 18.8. The smallest absolute Gasteiger partial charge is 0.256 e. The average molecular weight is 560 g/mol. The van der Waals surface area contributed by atoms with Crippen LogP contribution in [0.3, 0.4) is 0 Å². The Hall–Kier alpha value is -2.83. The molecular formula is C25H26ClN5O4S2. The highest BCUT2D eigenvalue weighted by Gasteiger charge is 2.32. The van der Waals surface area contributed by atoms with Gasteiger partial charge in [-0.25, -0.2) is 13.4 Å². The van der Waals surface area contributed by atoms with Crippen molar-refractivity contribution in [3.63, 3.8) is 0 Å². The number of nitrogens with one attached hydrogen (secondary N) is 1. The lowest BCUT2D eigenvalue weighted by atomic mass is 10.2. The first-order valence-electron chi connectivity index (χ1n) is 11.7. The molecule has 2 aromatic heterocycles. The minimum absolute atomic E-state index is 0.132. The Bertz CT molecular complexity index is 1550. The number of hydrogen-bond donors (Lipinski definition) is 1. The van der Waals surface area contributed by atoms with Crippen LogP contribution < -0.4 is 5.32 Å². The number of carbonyl (C=O) groups is 1. The number of rotatable bonds is 5. The molecule has 2 atom stereocenters. The molecule has 2 unspecified atom stereocenters. The summed E-state index contributed by atoms with van der Waals surface area (Å²) >= 11 is 7.75. The van der Waals surface area contributed by atoms with Crippen LogP contribution >= 0.6 is 22.9 Å².